The Bertz CT molecular complexity index is 1080. The Morgan fingerprint density at radius 2 is 1.97 bits per heavy atom. The molecular weight excluding hydrogens is 480 g/mol. The molecule has 1 N–H and O–H groups in total. The van der Waals surface area contributed by atoms with E-state index < -0.39 is 11.8 Å². The zero-order chi connectivity index (χ0) is 22.7. The fraction of sp³-hybridized carbons (Fsp3) is 0.261. The van der Waals surface area contributed by atoms with Crippen LogP contribution in [0.2, 0.25) is 0 Å². The molecule has 0 spiro atoms. The summed E-state index contributed by atoms with van der Waals surface area (Å²) in [5.41, 5.74) is 2.07. The average molecular weight is 503 g/mol. The summed E-state index contributed by atoms with van der Waals surface area (Å²) in [6, 6.07) is 10.9. The van der Waals surface area contributed by atoms with Gasteiger partial charge >= 0.3 is 0 Å². The number of carbonyl (C=O) groups is 2. The Morgan fingerprint density at radius 3 is 2.61 bits per heavy atom. The van der Waals surface area contributed by atoms with Crippen LogP contribution in [0.25, 0.3) is 6.08 Å². The second-order valence-electron chi connectivity index (χ2n) is 7.12. The first-order chi connectivity index (χ1) is 14.8. The molecule has 3 rings (SSSR count). The second kappa shape index (κ2) is 9.62. The zero-order valence-corrected chi connectivity index (χ0v) is 20.1. The molecule has 0 radical (unpaired) electrons. The fourth-order valence-corrected chi connectivity index (χ4v) is 3.91. The average Bonchev–Trinajstić information content (AvgIpc) is 2.73. The van der Waals surface area contributed by atoms with E-state index in [-0.39, 0.29) is 16.8 Å². The summed E-state index contributed by atoms with van der Waals surface area (Å²) in [6.45, 7) is 5.88. The summed E-state index contributed by atoms with van der Waals surface area (Å²) < 4.78 is 12.1. The molecule has 0 bridgehead atoms. The van der Waals surface area contributed by atoms with Crippen LogP contribution >= 0.6 is 28.1 Å². The van der Waals surface area contributed by atoms with Crippen molar-refractivity contribution in [2.75, 3.05) is 12.0 Å². The minimum atomic E-state index is -0.546. The molecule has 2 amide bonds. The molecule has 1 atom stereocenters. The van der Waals surface area contributed by atoms with Gasteiger partial charge in [-0.05, 0) is 83.8 Å². The molecule has 162 valence electrons. The summed E-state index contributed by atoms with van der Waals surface area (Å²) in [5.74, 6) is 0.0329. The third kappa shape index (κ3) is 4.80. The number of hydrogen-bond acceptors (Lipinski definition) is 5. The lowest BCUT2D eigenvalue weighted by Gasteiger charge is -2.30. The second-order valence-corrected chi connectivity index (χ2v) is 8.36. The van der Waals surface area contributed by atoms with Crippen LogP contribution in [-0.4, -0.2) is 30.1 Å². The molecule has 0 saturated carbocycles. The molecule has 6 nitrogen and oxygen atoms in total. The highest BCUT2D eigenvalue weighted by atomic mass is 79.9. The van der Waals surface area contributed by atoms with E-state index >= 15 is 0 Å². The number of nitrogens with one attached hydrogen (secondary N) is 1. The summed E-state index contributed by atoms with van der Waals surface area (Å²) in [5, 5.41) is 2.66. The monoisotopic (exact) mass is 502 g/mol. The Labute approximate surface area is 195 Å². The minimum absolute atomic E-state index is 0.00351. The van der Waals surface area contributed by atoms with Gasteiger partial charge in [-0.25, -0.2) is 0 Å². The highest BCUT2D eigenvalue weighted by Crippen LogP contribution is 2.38. The van der Waals surface area contributed by atoms with Crippen LogP contribution in [-0.2, 0) is 9.59 Å². The van der Waals surface area contributed by atoms with E-state index in [0.717, 1.165) is 12.0 Å². The number of thiocarbonyl (C=S) groups is 1. The van der Waals surface area contributed by atoms with Crippen molar-refractivity contribution in [2.24, 2.45) is 0 Å². The molecule has 1 fully saturated rings. The Morgan fingerprint density at radius 1 is 1.26 bits per heavy atom. The van der Waals surface area contributed by atoms with E-state index in [1.54, 1.807) is 25.3 Å². The maximum absolute atomic E-state index is 13.2. The van der Waals surface area contributed by atoms with E-state index in [1.165, 1.54) is 11.0 Å². The summed E-state index contributed by atoms with van der Waals surface area (Å²) in [4.78, 5) is 27.2. The van der Waals surface area contributed by atoms with E-state index in [9.17, 15) is 9.59 Å². The van der Waals surface area contributed by atoms with Gasteiger partial charge in [0, 0.05) is 0 Å². The smallest absolute Gasteiger partial charge is 0.270 e. The fourth-order valence-electron chi connectivity index (χ4n) is 3.08. The predicted molar refractivity (Wildman–Crippen MR) is 128 cm³/mol. The van der Waals surface area contributed by atoms with Crippen molar-refractivity contribution in [3.8, 4) is 11.5 Å². The van der Waals surface area contributed by atoms with Gasteiger partial charge in [0.2, 0.25) is 0 Å². The lowest BCUT2D eigenvalue weighted by atomic mass is 10.1. The quantitative estimate of drug-likeness (QED) is 0.349. The van der Waals surface area contributed by atoms with Crippen molar-refractivity contribution in [1.29, 1.82) is 0 Å². The van der Waals surface area contributed by atoms with Crippen LogP contribution in [0.3, 0.4) is 0 Å². The molecular formula is C23H23BrN2O4S. The molecule has 0 unspecified atom stereocenters. The first-order valence-corrected chi connectivity index (χ1v) is 11.0. The zero-order valence-electron chi connectivity index (χ0n) is 17.7. The normalized spacial score (nSPS) is 16.4. The molecule has 0 aliphatic carbocycles. The third-order valence-corrected chi connectivity index (χ3v) is 5.79. The SMILES string of the molecule is CC[C@@H](C)Oc1c(Br)cc(/C=C2\C(=O)NC(=S)N(c3ccccc3C)C2=O)cc1OC. The number of hydrogen-bond donors (Lipinski definition) is 1. The minimum Gasteiger partial charge on any atom is -0.493 e. The van der Waals surface area contributed by atoms with Crippen molar-refractivity contribution >= 4 is 56.8 Å². The van der Waals surface area contributed by atoms with Crippen LogP contribution in [0.15, 0.2) is 46.4 Å². The van der Waals surface area contributed by atoms with Gasteiger partial charge in [0.05, 0.1) is 23.4 Å². The first-order valence-electron chi connectivity index (χ1n) is 9.78. The first kappa shape index (κ1) is 23.0. The van der Waals surface area contributed by atoms with Crippen molar-refractivity contribution in [2.45, 2.75) is 33.3 Å². The standard InChI is InChI=1S/C23H23BrN2O4S/c1-5-14(3)30-20-17(24)11-15(12-19(20)29-4)10-16-21(27)25-23(31)26(22(16)28)18-9-7-6-8-13(18)2/h6-12,14H,5H2,1-4H3,(H,25,27,31)/b16-10+/t14-/m1/s1. The molecule has 0 aromatic heterocycles. The van der Waals surface area contributed by atoms with E-state index in [4.69, 9.17) is 21.7 Å². The molecule has 31 heavy (non-hydrogen) atoms. The van der Waals surface area contributed by atoms with Gasteiger partial charge in [-0.1, -0.05) is 25.1 Å². The van der Waals surface area contributed by atoms with E-state index in [1.807, 2.05) is 39.0 Å². The Hall–Kier alpha value is -2.71. The van der Waals surface area contributed by atoms with Gasteiger partial charge in [-0.15, -0.1) is 0 Å². The molecule has 1 aliphatic rings. The van der Waals surface area contributed by atoms with Crippen LogP contribution in [0, 0.1) is 6.92 Å². The summed E-state index contributed by atoms with van der Waals surface area (Å²) in [7, 11) is 1.54. The Balaban J connectivity index is 2.03. The third-order valence-electron chi connectivity index (χ3n) is 4.91. The number of ether oxygens (including phenoxy) is 2. The Kier molecular flexibility index (Phi) is 7.12. The largest absolute Gasteiger partial charge is 0.493 e. The van der Waals surface area contributed by atoms with Gasteiger partial charge in [0.25, 0.3) is 11.8 Å². The number of nitrogens with zero attached hydrogens (tertiary/aromatic N) is 1. The van der Waals surface area contributed by atoms with Crippen molar-refractivity contribution < 1.29 is 19.1 Å². The van der Waals surface area contributed by atoms with Crippen molar-refractivity contribution in [3.05, 3.63) is 57.6 Å². The van der Waals surface area contributed by atoms with Crippen LogP contribution in [0.1, 0.15) is 31.4 Å². The maximum atomic E-state index is 13.2. The van der Waals surface area contributed by atoms with Crippen LogP contribution in [0.5, 0.6) is 11.5 Å². The number of benzene rings is 2. The molecule has 2 aromatic rings. The number of halogens is 1. The molecule has 2 aromatic carbocycles. The predicted octanol–water partition coefficient (Wildman–Crippen LogP) is 4.77. The van der Waals surface area contributed by atoms with Gasteiger partial charge in [-0.2, -0.15) is 0 Å². The van der Waals surface area contributed by atoms with Crippen LogP contribution in [0.4, 0.5) is 5.69 Å². The topological polar surface area (TPSA) is 67.9 Å². The lowest BCUT2D eigenvalue weighted by molar-refractivity contribution is -0.122. The highest BCUT2D eigenvalue weighted by molar-refractivity contribution is 9.10. The number of aryl methyl sites for hydroxylation is 1. The summed E-state index contributed by atoms with van der Waals surface area (Å²) >= 11 is 8.78. The number of rotatable bonds is 6. The van der Waals surface area contributed by atoms with Gasteiger partial charge in [-0.3, -0.25) is 19.8 Å². The van der Waals surface area contributed by atoms with E-state index in [0.29, 0.717) is 27.2 Å². The van der Waals surface area contributed by atoms with Gasteiger partial charge in [0.15, 0.2) is 16.6 Å². The number of anilines is 1. The van der Waals surface area contributed by atoms with Crippen molar-refractivity contribution in [1.82, 2.24) is 5.32 Å². The van der Waals surface area contributed by atoms with Crippen molar-refractivity contribution in [3.63, 3.8) is 0 Å². The van der Waals surface area contributed by atoms with E-state index in [2.05, 4.69) is 21.2 Å². The lowest BCUT2D eigenvalue weighted by Crippen LogP contribution is -2.54. The summed E-state index contributed by atoms with van der Waals surface area (Å²) in [6.07, 6.45) is 2.36. The number of amides is 2. The number of carbonyl (C=O) groups excluding carboxylic acids is 2. The molecule has 1 heterocycles. The van der Waals surface area contributed by atoms with Gasteiger partial charge < -0.3 is 9.47 Å². The van der Waals surface area contributed by atoms with Crippen LogP contribution < -0.4 is 19.7 Å². The highest BCUT2D eigenvalue weighted by Gasteiger charge is 2.35. The number of methoxy groups -OCH3 is 1. The number of para-hydroxylation sites is 1. The molecule has 8 heteroatoms. The van der Waals surface area contributed by atoms with Gasteiger partial charge in [0.1, 0.15) is 5.57 Å². The maximum Gasteiger partial charge on any atom is 0.270 e. The molecule has 1 aliphatic heterocycles. The molecule has 1 saturated heterocycles.